The molecule has 2 aromatic rings. The maximum absolute atomic E-state index is 13.3. The zero-order chi connectivity index (χ0) is 37.8. The van der Waals surface area contributed by atoms with Crippen LogP contribution in [0.4, 0.5) is 0 Å². The zero-order valence-electron chi connectivity index (χ0n) is 32.4. The number of aliphatic hydroxyl groups excluding tert-OH is 2. The van der Waals surface area contributed by atoms with Crippen molar-refractivity contribution in [2.45, 2.75) is 160 Å². The number of allylic oxidation sites excluding steroid dienone is 1. The van der Waals surface area contributed by atoms with Gasteiger partial charge in [-0.05, 0) is 24.0 Å². The van der Waals surface area contributed by atoms with E-state index in [2.05, 4.69) is 18.8 Å². The van der Waals surface area contributed by atoms with E-state index in [1.165, 1.54) is 70.6 Å². The van der Waals surface area contributed by atoms with Crippen LogP contribution in [0.1, 0.15) is 121 Å². The summed E-state index contributed by atoms with van der Waals surface area (Å²) < 4.78 is 32.1. The number of nitrogens with one attached hydrogen (secondary N) is 1. The molecule has 1 aliphatic rings. The number of unbranched alkanes of at least 4 members (excludes halogenated alkanes) is 13. The Morgan fingerprint density at radius 2 is 1.32 bits per heavy atom. The van der Waals surface area contributed by atoms with E-state index in [9.17, 15) is 15.0 Å². The fourth-order valence-electron chi connectivity index (χ4n) is 6.63. The van der Waals surface area contributed by atoms with Gasteiger partial charge in [-0.25, -0.2) is 0 Å². The Morgan fingerprint density at radius 3 is 1.85 bits per heavy atom. The normalized spacial score (nSPS) is 20.6. The molecule has 1 aliphatic heterocycles. The highest BCUT2D eigenvalue weighted by atomic mass is 16.7. The zero-order valence-corrected chi connectivity index (χ0v) is 32.4. The topological polar surface area (TPSA) is 116 Å². The third-order valence-corrected chi connectivity index (χ3v) is 9.70. The fraction of sp³-hybridized carbons (Fsp3) is 0.659. The number of hydrogen-bond donors (Lipinski definition) is 3. The summed E-state index contributed by atoms with van der Waals surface area (Å²) in [5.74, 6) is -0.153. The van der Waals surface area contributed by atoms with E-state index in [0.29, 0.717) is 13.0 Å². The molecule has 3 rings (SSSR count). The first-order valence-corrected chi connectivity index (χ1v) is 20.4. The molecule has 9 nitrogen and oxygen atoms in total. The van der Waals surface area contributed by atoms with Gasteiger partial charge < -0.3 is 39.2 Å². The second-order valence-corrected chi connectivity index (χ2v) is 14.3. The van der Waals surface area contributed by atoms with Gasteiger partial charge in [0.05, 0.1) is 33.0 Å². The van der Waals surface area contributed by atoms with Crippen molar-refractivity contribution < 1.29 is 38.7 Å². The quantitative estimate of drug-likeness (QED) is 0.0524. The molecular weight excluding hydrogens is 670 g/mol. The van der Waals surface area contributed by atoms with Crippen LogP contribution in [0.2, 0.25) is 0 Å². The summed E-state index contributed by atoms with van der Waals surface area (Å²) >= 11 is 0. The second kappa shape index (κ2) is 28.8. The van der Waals surface area contributed by atoms with Gasteiger partial charge in [0, 0.05) is 13.0 Å². The molecule has 298 valence electrons. The number of hydrogen-bond acceptors (Lipinski definition) is 8. The van der Waals surface area contributed by atoms with Gasteiger partial charge in [-0.15, -0.1) is 6.58 Å². The molecule has 1 fully saturated rings. The van der Waals surface area contributed by atoms with Gasteiger partial charge in [-0.2, -0.15) is 0 Å². The van der Waals surface area contributed by atoms with Crippen molar-refractivity contribution in [3.63, 3.8) is 0 Å². The van der Waals surface area contributed by atoms with Gasteiger partial charge in [0.15, 0.2) is 6.29 Å². The van der Waals surface area contributed by atoms with Crippen LogP contribution in [-0.2, 0) is 41.7 Å². The summed E-state index contributed by atoms with van der Waals surface area (Å²) in [6.07, 6.45) is 16.6. The summed E-state index contributed by atoms with van der Waals surface area (Å²) in [6, 6.07) is 19.1. The molecule has 6 atom stereocenters. The molecule has 53 heavy (non-hydrogen) atoms. The van der Waals surface area contributed by atoms with Gasteiger partial charge in [0.2, 0.25) is 5.91 Å². The average molecular weight is 740 g/mol. The summed E-state index contributed by atoms with van der Waals surface area (Å²) in [5, 5.41) is 22.5. The molecule has 0 bridgehead atoms. The molecule has 0 aliphatic carbocycles. The SMILES string of the molecule is C=CCCC(=O)N[C@H]1[C@@H](OCCCCCCCCCCCCCCCC)O[C@H](COC[C@H](O)CO)[C@@H](OCc2ccccc2)[C@@H]1OCc1ccccc1. The third-order valence-electron chi connectivity index (χ3n) is 9.70. The highest BCUT2D eigenvalue weighted by molar-refractivity contribution is 5.76. The van der Waals surface area contributed by atoms with E-state index in [1.54, 1.807) is 6.08 Å². The van der Waals surface area contributed by atoms with Crippen LogP contribution in [0.15, 0.2) is 73.3 Å². The highest BCUT2D eigenvalue weighted by Crippen LogP contribution is 2.30. The van der Waals surface area contributed by atoms with Gasteiger partial charge in [-0.1, -0.05) is 157 Å². The van der Waals surface area contributed by atoms with Gasteiger partial charge in [0.25, 0.3) is 0 Å². The van der Waals surface area contributed by atoms with Crippen molar-refractivity contribution in [1.82, 2.24) is 5.32 Å². The van der Waals surface area contributed by atoms with Gasteiger partial charge in [-0.3, -0.25) is 4.79 Å². The number of ether oxygens (including phenoxy) is 5. The van der Waals surface area contributed by atoms with Crippen LogP contribution in [0.25, 0.3) is 0 Å². The van der Waals surface area contributed by atoms with Crippen molar-refractivity contribution in [3.8, 4) is 0 Å². The van der Waals surface area contributed by atoms with Crippen LogP contribution in [-0.4, -0.2) is 79.3 Å². The Bertz CT molecular complexity index is 1180. The lowest BCUT2D eigenvalue weighted by atomic mass is 9.95. The minimum absolute atomic E-state index is 0.0659. The van der Waals surface area contributed by atoms with Crippen molar-refractivity contribution in [2.75, 3.05) is 26.4 Å². The lowest BCUT2D eigenvalue weighted by molar-refractivity contribution is -0.290. The molecule has 0 unspecified atom stereocenters. The smallest absolute Gasteiger partial charge is 0.220 e. The Labute approximate surface area is 319 Å². The van der Waals surface area contributed by atoms with Crippen LogP contribution in [0, 0.1) is 0 Å². The Balaban J connectivity index is 1.66. The van der Waals surface area contributed by atoms with Crippen LogP contribution in [0.5, 0.6) is 0 Å². The van der Waals surface area contributed by atoms with Gasteiger partial charge in [0.1, 0.15) is 30.5 Å². The number of carbonyl (C=O) groups is 1. The standard InChI is InChI=1S/C44H69NO8/c1-3-5-7-8-9-10-11-12-13-14-15-16-17-24-30-50-44-41(45-40(48)29-6-4-2)43(52-33-37-27-22-19-23-28-37)42(51-32-36-25-20-18-21-26-36)39(53-44)35-49-34-38(47)31-46/h4,18-23,25-28,38-39,41-44,46-47H,2-3,5-17,24,29-35H2,1H3,(H,45,48)/t38-,39-,41-,42-,43-,44+/m1/s1. The molecule has 1 amide bonds. The van der Waals surface area contributed by atoms with Gasteiger partial charge >= 0.3 is 0 Å². The Kier molecular flexibility index (Phi) is 24.3. The Morgan fingerprint density at radius 1 is 0.792 bits per heavy atom. The predicted molar refractivity (Wildman–Crippen MR) is 210 cm³/mol. The number of aliphatic hydroxyl groups is 2. The molecule has 0 spiro atoms. The van der Waals surface area contributed by atoms with E-state index in [0.717, 1.165) is 30.4 Å². The van der Waals surface area contributed by atoms with E-state index in [4.69, 9.17) is 23.7 Å². The summed E-state index contributed by atoms with van der Waals surface area (Å²) in [6.45, 7) is 6.69. The molecule has 1 saturated heterocycles. The number of benzene rings is 2. The van der Waals surface area contributed by atoms with Crippen molar-refractivity contribution >= 4 is 5.91 Å². The fourth-order valence-corrected chi connectivity index (χ4v) is 6.63. The van der Waals surface area contributed by atoms with Crippen molar-refractivity contribution in [1.29, 1.82) is 0 Å². The molecular formula is C44H69NO8. The predicted octanol–water partition coefficient (Wildman–Crippen LogP) is 8.20. The van der Waals surface area contributed by atoms with E-state index in [1.807, 2.05) is 60.7 Å². The van der Waals surface area contributed by atoms with Crippen LogP contribution < -0.4 is 5.32 Å². The highest BCUT2D eigenvalue weighted by Gasteiger charge is 2.49. The van der Waals surface area contributed by atoms with E-state index in [-0.39, 0.29) is 38.8 Å². The number of amides is 1. The van der Waals surface area contributed by atoms with Crippen molar-refractivity contribution in [2.24, 2.45) is 0 Å². The molecule has 0 radical (unpaired) electrons. The first kappa shape index (κ1) is 44.8. The molecule has 2 aromatic carbocycles. The van der Waals surface area contributed by atoms with Crippen molar-refractivity contribution in [3.05, 3.63) is 84.4 Å². The third kappa shape index (κ3) is 19.0. The Hall–Kier alpha value is -2.63. The van der Waals surface area contributed by atoms with E-state index >= 15 is 0 Å². The van der Waals surface area contributed by atoms with Crippen LogP contribution in [0.3, 0.4) is 0 Å². The van der Waals surface area contributed by atoms with E-state index < -0.39 is 43.4 Å². The number of rotatable bonds is 31. The maximum Gasteiger partial charge on any atom is 0.220 e. The lowest BCUT2D eigenvalue weighted by Crippen LogP contribution is -2.66. The average Bonchev–Trinajstić information content (AvgIpc) is 3.18. The maximum atomic E-state index is 13.3. The molecule has 3 N–H and O–H groups in total. The number of carbonyl (C=O) groups excluding carboxylic acids is 1. The first-order valence-electron chi connectivity index (χ1n) is 20.4. The second-order valence-electron chi connectivity index (χ2n) is 14.3. The minimum atomic E-state index is -1.02. The lowest BCUT2D eigenvalue weighted by Gasteiger charge is -2.46. The monoisotopic (exact) mass is 740 g/mol. The summed E-state index contributed by atoms with van der Waals surface area (Å²) in [5.41, 5.74) is 1.96. The summed E-state index contributed by atoms with van der Waals surface area (Å²) in [7, 11) is 0. The molecule has 9 heteroatoms. The molecule has 0 saturated carbocycles. The largest absolute Gasteiger partial charge is 0.394 e. The summed E-state index contributed by atoms with van der Waals surface area (Å²) in [4.78, 5) is 13.3. The first-order chi connectivity index (χ1) is 26.0. The minimum Gasteiger partial charge on any atom is -0.394 e. The van der Waals surface area contributed by atoms with Crippen LogP contribution >= 0.6 is 0 Å². The molecule has 1 heterocycles. The molecule has 0 aromatic heterocycles.